The molecule has 0 saturated heterocycles. The van der Waals surface area contributed by atoms with Gasteiger partial charge in [-0.3, -0.25) is 14.6 Å². The monoisotopic (exact) mass is 446 g/mol. The van der Waals surface area contributed by atoms with Crippen molar-refractivity contribution in [1.29, 1.82) is 0 Å². The first-order chi connectivity index (χ1) is 15.9. The molecular formula is C24H19FN4O4. The van der Waals surface area contributed by atoms with Crippen LogP contribution in [0.4, 0.5) is 15.8 Å². The number of carbonyl (C=O) groups is 2. The smallest absolute Gasteiger partial charge is 0.255 e. The Kier molecular flexibility index (Phi) is 5.77. The fourth-order valence-corrected chi connectivity index (χ4v) is 3.24. The van der Waals surface area contributed by atoms with Crippen molar-refractivity contribution >= 4 is 34.1 Å². The molecule has 1 heterocycles. The molecule has 166 valence electrons. The molecule has 0 spiro atoms. The predicted octanol–water partition coefficient (Wildman–Crippen LogP) is 4.11. The molecule has 33 heavy (non-hydrogen) atoms. The van der Waals surface area contributed by atoms with Crippen molar-refractivity contribution in [3.63, 3.8) is 0 Å². The second-order valence-corrected chi connectivity index (χ2v) is 7.06. The zero-order chi connectivity index (χ0) is 23.5. The Morgan fingerprint density at radius 3 is 2.39 bits per heavy atom. The molecule has 2 amide bonds. The summed E-state index contributed by atoms with van der Waals surface area (Å²) < 4.78 is 24.2. The highest BCUT2D eigenvalue weighted by molar-refractivity contribution is 6.05. The highest BCUT2D eigenvalue weighted by atomic mass is 19.1. The number of rotatable bonds is 6. The second-order valence-electron chi connectivity index (χ2n) is 7.06. The number of ether oxygens (including phenoxy) is 2. The number of nitrogens with zero attached hydrogens (tertiary/aromatic N) is 1. The molecule has 4 rings (SSSR count). The average Bonchev–Trinajstić information content (AvgIpc) is 2.81. The van der Waals surface area contributed by atoms with Crippen molar-refractivity contribution in [2.45, 2.75) is 0 Å². The third-order valence-electron chi connectivity index (χ3n) is 4.88. The molecule has 5 N–H and O–H groups in total. The van der Waals surface area contributed by atoms with Crippen LogP contribution in [-0.2, 0) is 0 Å². The van der Waals surface area contributed by atoms with Gasteiger partial charge in [0.15, 0.2) is 0 Å². The Balaban J connectivity index is 1.61. The molecule has 9 heteroatoms. The Labute approximate surface area is 187 Å². The highest BCUT2D eigenvalue weighted by Crippen LogP contribution is 2.35. The fraction of sp³-hybridized carbons (Fsp3) is 0.0417. The van der Waals surface area contributed by atoms with Gasteiger partial charge in [0.25, 0.3) is 11.8 Å². The lowest BCUT2D eigenvalue weighted by Gasteiger charge is -2.13. The normalized spacial score (nSPS) is 10.6. The summed E-state index contributed by atoms with van der Waals surface area (Å²) in [4.78, 5) is 28.6. The predicted molar refractivity (Wildman–Crippen MR) is 122 cm³/mol. The van der Waals surface area contributed by atoms with Gasteiger partial charge in [0, 0.05) is 28.9 Å². The molecule has 1 aromatic heterocycles. The van der Waals surface area contributed by atoms with Gasteiger partial charge >= 0.3 is 0 Å². The molecule has 8 nitrogen and oxygen atoms in total. The van der Waals surface area contributed by atoms with Gasteiger partial charge < -0.3 is 26.3 Å². The number of halogens is 1. The summed E-state index contributed by atoms with van der Waals surface area (Å²) in [6.45, 7) is 0. The number of hydrogen-bond acceptors (Lipinski definition) is 6. The van der Waals surface area contributed by atoms with Crippen LogP contribution in [0, 0.1) is 5.82 Å². The summed E-state index contributed by atoms with van der Waals surface area (Å²) in [6.07, 6.45) is 1.54. The molecule has 0 bridgehead atoms. The van der Waals surface area contributed by atoms with Gasteiger partial charge in [-0.15, -0.1) is 0 Å². The average molecular weight is 446 g/mol. The zero-order valence-electron chi connectivity index (χ0n) is 17.5. The van der Waals surface area contributed by atoms with Crippen molar-refractivity contribution in [3.05, 3.63) is 83.8 Å². The summed E-state index contributed by atoms with van der Waals surface area (Å²) in [5.41, 5.74) is 13.3. The first kappa shape index (κ1) is 21.6. The van der Waals surface area contributed by atoms with Crippen molar-refractivity contribution in [3.8, 4) is 17.2 Å². The highest BCUT2D eigenvalue weighted by Gasteiger charge is 2.16. The maximum Gasteiger partial charge on any atom is 0.255 e. The Morgan fingerprint density at radius 2 is 1.73 bits per heavy atom. The quantitative estimate of drug-likeness (QED) is 0.382. The molecule has 0 aliphatic heterocycles. The molecule has 0 atom stereocenters. The van der Waals surface area contributed by atoms with Gasteiger partial charge in [-0.1, -0.05) is 0 Å². The van der Waals surface area contributed by atoms with Crippen molar-refractivity contribution in [1.82, 2.24) is 4.98 Å². The lowest BCUT2D eigenvalue weighted by Crippen LogP contribution is -2.12. The number of aromatic nitrogens is 1. The van der Waals surface area contributed by atoms with E-state index in [2.05, 4.69) is 10.3 Å². The maximum atomic E-state index is 13.0. The third kappa shape index (κ3) is 4.52. The zero-order valence-corrected chi connectivity index (χ0v) is 17.5. The molecule has 0 radical (unpaired) electrons. The molecule has 4 aromatic rings. The SMILES string of the molecule is COc1cc2nccc(Oc3ccc(C(=O)Nc4ccc(F)cc4)cc3N)c2cc1C(N)=O. The van der Waals surface area contributed by atoms with E-state index >= 15 is 0 Å². The summed E-state index contributed by atoms with van der Waals surface area (Å²) in [6, 6.07) is 14.7. The molecule has 0 aliphatic rings. The van der Waals surface area contributed by atoms with E-state index in [0.29, 0.717) is 39.4 Å². The van der Waals surface area contributed by atoms with Crippen molar-refractivity contribution in [2.75, 3.05) is 18.2 Å². The summed E-state index contributed by atoms with van der Waals surface area (Å²) in [5.74, 6) is -0.468. The van der Waals surface area contributed by atoms with Crippen LogP contribution < -0.4 is 26.3 Å². The van der Waals surface area contributed by atoms with Crippen molar-refractivity contribution in [2.24, 2.45) is 5.73 Å². The van der Waals surface area contributed by atoms with Gasteiger partial charge in [0.05, 0.1) is 23.9 Å². The van der Waals surface area contributed by atoms with Crippen LogP contribution in [0.15, 0.2) is 66.9 Å². The number of carbonyl (C=O) groups excluding carboxylic acids is 2. The molecule has 0 unspecified atom stereocenters. The van der Waals surface area contributed by atoms with E-state index in [1.54, 1.807) is 36.5 Å². The van der Waals surface area contributed by atoms with E-state index in [0.717, 1.165) is 0 Å². The van der Waals surface area contributed by atoms with Crippen LogP contribution in [0.5, 0.6) is 17.2 Å². The van der Waals surface area contributed by atoms with E-state index < -0.39 is 17.6 Å². The Hall–Kier alpha value is -4.66. The minimum absolute atomic E-state index is 0.184. The largest absolute Gasteiger partial charge is 0.496 e. The molecule has 0 saturated carbocycles. The lowest BCUT2D eigenvalue weighted by atomic mass is 10.1. The third-order valence-corrected chi connectivity index (χ3v) is 4.88. The van der Waals surface area contributed by atoms with Crippen LogP contribution in [0.1, 0.15) is 20.7 Å². The summed E-state index contributed by atoms with van der Waals surface area (Å²) in [5, 5.41) is 3.20. The van der Waals surface area contributed by atoms with E-state index in [1.807, 2.05) is 0 Å². The number of primary amides is 1. The summed E-state index contributed by atoms with van der Waals surface area (Å²) >= 11 is 0. The second kappa shape index (κ2) is 8.83. The van der Waals surface area contributed by atoms with Gasteiger partial charge in [0.1, 0.15) is 23.1 Å². The number of nitrogens with two attached hydrogens (primary N) is 2. The van der Waals surface area contributed by atoms with E-state index in [-0.39, 0.29) is 11.3 Å². The minimum Gasteiger partial charge on any atom is -0.496 e. The lowest BCUT2D eigenvalue weighted by molar-refractivity contribution is 0.0995. The van der Waals surface area contributed by atoms with E-state index in [4.69, 9.17) is 20.9 Å². The first-order valence-electron chi connectivity index (χ1n) is 9.76. The molecule has 0 aliphatic carbocycles. The van der Waals surface area contributed by atoms with Gasteiger partial charge in [0.2, 0.25) is 0 Å². The number of nitrogen functional groups attached to an aromatic ring is 1. The van der Waals surface area contributed by atoms with Gasteiger partial charge in [-0.25, -0.2) is 4.39 Å². The first-order valence-corrected chi connectivity index (χ1v) is 9.76. The van der Waals surface area contributed by atoms with E-state index in [9.17, 15) is 14.0 Å². The minimum atomic E-state index is -0.653. The standard InChI is InChI=1S/C24H19FN4O4/c1-32-22-12-19-16(11-17(22)23(27)30)20(8-9-28-19)33-21-7-2-13(10-18(21)26)24(31)29-15-5-3-14(25)4-6-15/h2-12H,26H2,1H3,(H2,27,30)(H,29,31). The topological polar surface area (TPSA) is 130 Å². The number of benzene rings is 3. The molecule has 3 aromatic carbocycles. The number of fused-ring (bicyclic) bond motifs is 1. The fourth-order valence-electron chi connectivity index (χ4n) is 3.24. The van der Waals surface area contributed by atoms with Crippen LogP contribution in [0.25, 0.3) is 10.9 Å². The number of amides is 2. The number of pyridine rings is 1. The van der Waals surface area contributed by atoms with Gasteiger partial charge in [-0.05, 0) is 54.6 Å². The van der Waals surface area contributed by atoms with Crippen molar-refractivity contribution < 1.29 is 23.5 Å². The van der Waals surface area contributed by atoms with Gasteiger partial charge in [-0.2, -0.15) is 0 Å². The molecular weight excluding hydrogens is 427 g/mol. The Bertz CT molecular complexity index is 1370. The number of hydrogen-bond donors (Lipinski definition) is 3. The number of methoxy groups -OCH3 is 1. The molecule has 0 fully saturated rings. The Morgan fingerprint density at radius 1 is 0.970 bits per heavy atom. The summed E-state index contributed by atoms with van der Waals surface area (Å²) in [7, 11) is 1.43. The van der Waals surface area contributed by atoms with Crippen LogP contribution >= 0.6 is 0 Å². The van der Waals surface area contributed by atoms with Crippen LogP contribution in [0.2, 0.25) is 0 Å². The number of anilines is 2. The van der Waals surface area contributed by atoms with E-state index in [1.165, 1.54) is 37.4 Å². The van der Waals surface area contributed by atoms with Crippen LogP contribution in [0.3, 0.4) is 0 Å². The van der Waals surface area contributed by atoms with Crippen LogP contribution in [-0.4, -0.2) is 23.9 Å². The maximum absolute atomic E-state index is 13.0. The number of nitrogens with one attached hydrogen (secondary N) is 1.